The van der Waals surface area contributed by atoms with Crippen LogP contribution >= 0.6 is 0 Å². The molecule has 8 bridgehead atoms. The van der Waals surface area contributed by atoms with Crippen LogP contribution in [0.3, 0.4) is 0 Å². The summed E-state index contributed by atoms with van der Waals surface area (Å²) in [6.07, 6.45) is 0. The predicted molar refractivity (Wildman–Crippen MR) is 523 cm³/mol. The van der Waals surface area contributed by atoms with Gasteiger partial charge in [0.1, 0.15) is 0 Å². The average molecular weight is 1570 g/mol. The van der Waals surface area contributed by atoms with E-state index in [1.165, 1.54) is 163 Å². The predicted octanol–water partition coefficient (Wildman–Crippen LogP) is 28.4. The second-order valence-electron chi connectivity index (χ2n) is 33.1. The van der Waals surface area contributed by atoms with Gasteiger partial charge in [0.2, 0.25) is 0 Å². The molecule has 12 aliphatic rings. The lowest BCUT2D eigenvalue weighted by molar-refractivity contribution is 0.295. The third kappa shape index (κ3) is 13.0. The second-order valence-corrected chi connectivity index (χ2v) is 33.1. The molecule has 8 heteroatoms. The molecule has 0 aliphatic carbocycles. The molecule has 0 fully saturated rings. The normalized spacial score (nSPS) is 15.5. The van der Waals surface area contributed by atoms with Gasteiger partial charge in [0.05, 0.1) is 34.1 Å². The first kappa shape index (κ1) is 72.7. The van der Waals surface area contributed by atoms with Gasteiger partial charge < -0.3 is 29.4 Å². The highest BCUT2D eigenvalue weighted by atomic mass is 15.3. The van der Waals surface area contributed by atoms with Crippen molar-refractivity contribution in [3.63, 3.8) is 0 Å². The minimum Gasteiger partial charge on any atom is -0.339 e. The maximum atomic E-state index is 2.80. The summed E-state index contributed by atoms with van der Waals surface area (Å²) in [4.78, 5) is 21.7. The molecule has 586 valence electrons. The number of hydrogen-bond acceptors (Lipinski definition) is 8. The third-order valence-corrected chi connectivity index (χ3v) is 26.3. The molecule has 0 saturated carbocycles. The lowest BCUT2D eigenvalue weighted by atomic mass is 9.98. The number of anilines is 12. The molecule has 0 spiro atoms. The van der Waals surface area contributed by atoms with Crippen LogP contribution in [0.4, 0.5) is 68.2 Å². The number of nitrogens with zero attached hydrogens (tertiary/aromatic N) is 8. The highest BCUT2D eigenvalue weighted by Gasteiger charge is 2.30. The van der Waals surface area contributed by atoms with Gasteiger partial charge in [-0.1, -0.05) is 291 Å². The zero-order valence-corrected chi connectivity index (χ0v) is 68.2. The Morgan fingerprint density at radius 1 is 0.115 bits per heavy atom. The fourth-order valence-corrected chi connectivity index (χ4v) is 20.5. The van der Waals surface area contributed by atoms with Crippen LogP contribution in [0.5, 0.6) is 0 Å². The van der Waals surface area contributed by atoms with Crippen LogP contribution in [-0.4, -0.2) is 88.3 Å². The molecule has 8 nitrogen and oxygen atoms in total. The minimum atomic E-state index is 0.680. The molecule has 0 amide bonds. The summed E-state index contributed by atoms with van der Waals surface area (Å²) in [6, 6.07) is 153. The maximum absolute atomic E-state index is 2.80. The summed E-state index contributed by atoms with van der Waals surface area (Å²) in [5.74, 6) is 0. The van der Waals surface area contributed by atoms with Gasteiger partial charge in [-0.15, -0.1) is 0 Å². The number of fused-ring (bicyclic) bond motifs is 12. The van der Waals surface area contributed by atoms with E-state index in [1.807, 2.05) is 0 Å². The molecule has 0 radical (unpaired) electrons. The van der Waals surface area contributed by atoms with Crippen molar-refractivity contribution in [2.45, 2.75) is 0 Å². The Kier molecular flexibility index (Phi) is 18.5. The number of benzene rings is 21. The van der Waals surface area contributed by atoms with Crippen LogP contribution in [0.1, 0.15) is 0 Å². The summed E-state index contributed by atoms with van der Waals surface area (Å²) in [5.41, 5.74) is 14.1. The summed E-state index contributed by atoms with van der Waals surface area (Å²) in [5, 5.41) is 29.3. The second kappa shape index (κ2) is 31.0. The van der Waals surface area contributed by atoms with Crippen molar-refractivity contribution in [2.24, 2.45) is 0 Å². The summed E-state index contributed by atoms with van der Waals surface area (Å²) >= 11 is 0. The van der Waals surface area contributed by atoms with E-state index >= 15 is 0 Å². The van der Waals surface area contributed by atoms with Crippen molar-refractivity contribution in [3.05, 3.63) is 400 Å². The van der Waals surface area contributed by atoms with Gasteiger partial charge in [-0.3, -0.25) is 9.80 Å². The summed E-state index contributed by atoms with van der Waals surface area (Å²) < 4.78 is 0. The van der Waals surface area contributed by atoms with E-state index in [0.29, 0.717) is 39.3 Å². The highest BCUT2D eigenvalue weighted by molar-refractivity contribution is 6.19. The average Bonchev–Trinajstić information content (AvgIpc) is 0.773. The Balaban J connectivity index is 0.793. The first-order valence-corrected chi connectivity index (χ1v) is 43.3. The van der Waals surface area contributed by atoms with Gasteiger partial charge in [0, 0.05) is 177 Å². The van der Waals surface area contributed by atoms with Crippen molar-refractivity contribution < 1.29 is 0 Å². The van der Waals surface area contributed by atoms with Gasteiger partial charge in [-0.05, 0) is 174 Å². The molecule has 0 saturated heterocycles. The Morgan fingerprint density at radius 2 is 0.221 bits per heavy atom. The quantitative estimate of drug-likeness (QED) is 0.152. The van der Waals surface area contributed by atoms with E-state index in [1.54, 1.807) is 0 Å². The van der Waals surface area contributed by atoms with E-state index in [0.717, 1.165) is 73.4 Å². The molecular formula is C114H90N8. The smallest absolute Gasteiger partial charge is 0.0570 e. The Bertz CT molecular complexity index is 6120. The number of rotatable bonds is 6. The molecule has 0 atom stereocenters. The number of hydrogen-bond donors (Lipinski definition) is 0. The molecular weight excluding hydrogens is 1480 g/mol. The van der Waals surface area contributed by atoms with E-state index < -0.39 is 0 Å². The lowest BCUT2D eigenvalue weighted by Crippen LogP contribution is -2.42. The molecule has 122 heavy (non-hydrogen) atoms. The van der Waals surface area contributed by atoms with Crippen molar-refractivity contribution >= 4 is 198 Å². The van der Waals surface area contributed by atoms with E-state index in [2.05, 4.69) is 440 Å². The van der Waals surface area contributed by atoms with Crippen LogP contribution in [0.25, 0.3) is 129 Å². The van der Waals surface area contributed by atoms with E-state index in [-0.39, 0.29) is 0 Å². The van der Waals surface area contributed by atoms with Gasteiger partial charge in [0.15, 0.2) is 0 Å². The van der Waals surface area contributed by atoms with Crippen molar-refractivity contribution in [3.8, 4) is 0 Å². The topological polar surface area (TPSA) is 25.9 Å². The maximum Gasteiger partial charge on any atom is 0.0570 e. The summed E-state index contributed by atoms with van der Waals surface area (Å²) in [6.45, 7) is 8.40. The molecule has 0 aromatic heterocycles. The third-order valence-electron chi connectivity index (χ3n) is 26.3. The van der Waals surface area contributed by atoms with Gasteiger partial charge in [-0.25, -0.2) is 0 Å². The SMILES string of the molecule is c1ccc2c(N3CCN4CCN(c5c6ccccc6cc6ccccc56)c5ccc(cc5)N(c5c6ccccc6cc6ccccc56)CCN(CCN(c5c6ccccc6cc6ccccc56)c5ccc3cc5)CCN(c3c5ccccc5cc5ccccc35)c3ccc(cc3)N(c3c5ccccc5cc5ccccc35)CC4)c3ccccc3cc2c1. The lowest BCUT2D eigenvalue weighted by Gasteiger charge is -2.37. The molecule has 0 unspecified atom stereocenters. The largest absolute Gasteiger partial charge is 0.339 e. The van der Waals surface area contributed by atoms with E-state index in [9.17, 15) is 0 Å². The minimum absolute atomic E-state index is 0.680. The zero-order valence-electron chi connectivity index (χ0n) is 68.2. The van der Waals surface area contributed by atoms with Crippen LogP contribution in [0, 0.1) is 0 Å². The van der Waals surface area contributed by atoms with Gasteiger partial charge in [0.25, 0.3) is 0 Å². The first-order chi connectivity index (χ1) is 60.5. The Labute approximate surface area is 711 Å². The van der Waals surface area contributed by atoms with Crippen LogP contribution in [-0.2, 0) is 0 Å². The van der Waals surface area contributed by atoms with Crippen molar-refractivity contribution in [1.29, 1.82) is 0 Å². The first-order valence-electron chi connectivity index (χ1n) is 43.3. The van der Waals surface area contributed by atoms with Crippen LogP contribution < -0.4 is 29.4 Å². The molecule has 21 aromatic carbocycles. The Hall–Kier alpha value is -14.5. The molecule has 12 aliphatic heterocycles. The van der Waals surface area contributed by atoms with Gasteiger partial charge in [-0.2, -0.15) is 0 Å². The van der Waals surface area contributed by atoms with Crippen LogP contribution in [0.15, 0.2) is 400 Å². The Morgan fingerprint density at radius 3 is 0.336 bits per heavy atom. The fraction of sp³-hybridized carbons (Fsp3) is 0.105. The summed E-state index contributed by atoms with van der Waals surface area (Å²) in [7, 11) is 0. The molecule has 0 N–H and O–H groups in total. The monoisotopic (exact) mass is 1570 g/mol. The van der Waals surface area contributed by atoms with E-state index in [4.69, 9.17) is 0 Å². The molecule has 12 heterocycles. The zero-order chi connectivity index (χ0) is 80.6. The van der Waals surface area contributed by atoms with Crippen molar-refractivity contribution in [1.82, 2.24) is 9.80 Å². The van der Waals surface area contributed by atoms with Crippen LogP contribution in [0.2, 0.25) is 0 Å². The van der Waals surface area contributed by atoms with Gasteiger partial charge >= 0.3 is 0 Å². The molecule has 33 rings (SSSR count). The molecule has 21 aromatic rings. The highest BCUT2D eigenvalue weighted by Crippen LogP contribution is 2.49. The standard InChI is InChI=1S/C114H90N8/c1-13-37-97-79(25-1)73-80-26-2-14-38-98(80)109(97)117-67-61-115-62-68-119(111-101-41-17-5-29-83(101)75-84-30-6-18-42-102(84)111)93-53-57-95(58-54-93)121(113-105-45-21-9-33-87(105)77-88-34-10-22-46-106(88)113)71-65-116(64-70-118(92-51-49-91(117)50-52-92)110-99-39-15-3-27-81(99)74-82-28-4-16-40-100(82)110)66-72-122(114-107-47-23-11-35-89(107)78-90-36-12-24-48-108(90)114)96-59-55-94(56-60-96)120(69-63-115)112-103-43-19-7-31-85(103)76-86-32-8-20-44-104(86)112/h1-60,73-78H,61-72H2. The van der Waals surface area contributed by atoms with Crippen molar-refractivity contribution in [2.75, 3.05) is 108 Å². The fourth-order valence-electron chi connectivity index (χ4n) is 20.5.